The number of hydrogen-bond donors (Lipinski definition) is 1. The van der Waals surface area contributed by atoms with E-state index >= 15 is 0 Å². The summed E-state index contributed by atoms with van der Waals surface area (Å²) in [6, 6.07) is 1.70. The van der Waals surface area contributed by atoms with E-state index in [0.717, 1.165) is 19.6 Å². The highest BCUT2D eigenvalue weighted by atomic mass is 79.9. The Morgan fingerprint density at radius 2 is 2.38 bits per heavy atom. The van der Waals surface area contributed by atoms with E-state index in [9.17, 15) is 4.79 Å². The first kappa shape index (κ1) is 11.7. The molecule has 0 aromatic carbocycles. The van der Waals surface area contributed by atoms with Gasteiger partial charge in [0.05, 0.1) is 17.4 Å². The summed E-state index contributed by atoms with van der Waals surface area (Å²) in [5.41, 5.74) is 0.432. The Kier molecular flexibility index (Phi) is 3.08. The molecule has 1 fully saturated rings. The second kappa shape index (κ2) is 4.22. The smallest absolute Gasteiger partial charge is 0.258 e. The predicted octanol–water partition coefficient (Wildman–Crippen LogP) is 1.87. The molecule has 1 aromatic rings. The van der Waals surface area contributed by atoms with Gasteiger partial charge in [-0.05, 0) is 35.8 Å². The van der Waals surface area contributed by atoms with E-state index in [4.69, 9.17) is 4.42 Å². The molecule has 5 heteroatoms. The van der Waals surface area contributed by atoms with E-state index in [0.29, 0.717) is 10.2 Å². The predicted molar refractivity (Wildman–Crippen MR) is 64.4 cm³/mol. The quantitative estimate of drug-likeness (QED) is 0.857. The molecule has 2 heterocycles. The zero-order valence-electron chi connectivity index (χ0n) is 9.42. The average molecular weight is 287 g/mol. The lowest BCUT2D eigenvalue weighted by Crippen LogP contribution is -2.59. The number of furan rings is 1. The molecule has 1 aromatic heterocycles. The van der Waals surface area contributed by atoms with Gasteiger partial charge in [0.1, 0.15) is 0 Å². The lowest BCUT2D eigenvalue weighted by atomic mass is 9.99. The maximum Gasteiger partial charge on any atom is 0.258 e. The first-order chi connectivity index (χ1) is 7.52. The van der Waals surface area contributed by atoms with E-state index < -0.39 is 0 Å². The van der Waals surface area contributed by atoms with Gasteiger partial charge in [-0.1, -0.05) is 0 Å². The van der Waals surface area contributed by atoms with Crippen molar-refractivity contribution < 1.29 is 9.21 Å². The van der Waals surface area contributed by atoms with Gasteiger partial charge in [0.15, 0.2) is 4.67 Å². The van der Waals surface area contributed by atoms with Gasteiger partial charge in [-0.3, -0.25) is 4.79 Å². The molecule has 0 unspecified atom stereocenters. The molecule has 4 nitrogen and oxygen atoms in total. The number of halogens is 1. The zero-order valence-corrected chi connectivity index (χ0v) is 11.0. The maximum absolute atomic E-state index is 12.3. The maximum atomic E-state index is 12.3. The van der Waals surface area contributed by atoms with Crippen LogP contribution in [-0.2, 0) is 0 Å². The number of carbonyl (C=O) groups is 1. The zero-order chi connectivity index (χ0) is 11.8. The van der Waals surface area contributed by atoms with Crippen LogP contribution in [0.15, 0.2) is 21.4 Å². The molecule has 0 spiro atoms. The van der Waals surface area contributed by atoms with Crippen LogP contribution in [-0.4, -0.2) is 36.0 Å². The topological polar surface area (TPSA) is 45.5 Å². The summed E-state index contributed by atoms with van der Waals surface area (Å²) in [5.74, 6) is 0.0205. The average Bonchev–Trinajstić information content (AvgIpc) is 2.63. The van der Waals surface area contributed by atoms with Crippen LogP contribution in [0.4, 0.5) is 0 Å². The first-order valence-corrected chi connectivity index (χ1v) is 6.07. The van der Waals surface area contributed by atoms with Gasteiger partial charge in [0.25, 0.3) is 5.91 Å². The fraction of sp³-hybridized carbons (Fsp3) is 0.545. The number of hydrogen-bond acceptors (Lipinski definition) is 3. The molecule has 0 aliphatic carbocycles. The van der Waals surface area contributed by atoms with Gasteiger partial charge in [-0.25, -0.2) is 0 Å². The van der Waals surface area contributed by atoms with E-state index in [1.807, 2.05) is 4.90 Å². The van der Waals surface area contributed by atoms with Crippen molar-refractivity contribution in [1.82, 2.24) is 10.2 Å². The van der Waals surface area contributed by atoms with Crippen molar-refractivity contribution in [3.05, 3.63) is 22.6 Å². The van der Waals surface area contributed by atoms with Crippen molar-refractivity contribution in [2.45, 2.75) is 19.4 Å². The molecule has 1 aliphatic heterocycles. The normalized spacial score (nSPS) is 19.8. The van der Waals surface area contributed by atoms with Gasteiger partial charge in [0.2, 0.25) is 0 Å². The van der Waals surface area contributed by atoms with Gasteiger partial charge < -0.3 is 14.6 Å². The summed E-state index contributed by atoms with van der Waals surface area (Å²) >= 11 is 3.24. The van der Waals surface area contributed by atoms with Crippen molar-refractivity contribution in [1.29, 1.82) is 0 Å². The summed E-state index contributed by atoms with van der Waals surface area (Å²) < 4.78 is 5.60. The Morgan fingerprint density at radius 3 is 2.94 bits per heavy atom. The molecular formula is C11H15BrN2O2. The molecule has 0 saturated carbocycles. The molecule has 1 N–H and O–H groups in total. The number of nitrogens with one attached hydrogen (secondary N) is 1. The lowest BCUT2D eigenvalue weighted by molar-refractivity contribution is 0.0475. The summed E-state index contributed by atoms with van der Waals surface area (Å²) in [6.07, 6.45) is 1.52. The van der Waals surface area contributed by atoms with Crippen LogP contribution in [0.1, 0.15) is 24.2 Å². The summed E-state index contributed by atoms with van der Waals surface area (Å²) in [7, 11) is 0. The number of piperazine rings is 1. The van der Waals surface area contributed by atoms with Gasteiger partial charge in [-0.15, -0.1) is 0 Å². The second-order valence-electron chi connectivity index (χ2n) is 4.55. The number of amides is 1. The van der Waals surface area contributed by atoms with Crippen molar-refractivity contribution in [2.75, 3.05) is 19.6 Å². The largest absolute Gasteiger partial charge is 0.457 e. The highest BCUT2D eigenvalue weighted by Crippen LogP contribution is 2.24. The third-order valence-corrected chi connectivity index (χ3v) is 3.51. The molecular weight excluding hydrogens is 272 g/mol. The van der Waals surface area contributed by atoms with Gasteiger partial charge in [0, 0.05) is 19.6 Å². The minimum Gasteiger partial charge on any atom is -0.457 e. The highest BCUT2D eigenvalue weighted by Gasteiger charge is 2.34. The molecule has 88 valence electrons. The van der Waals surface area contributed by atoms with Crippen molar-refractivity contribution in [2.24, 2.45) is 0 Å². The fourth-order valence-corrected chi connectivity index (χ4v) is 2.36. The van der Waals surface area contributed by atoms with Gasteiger partial charge >= 0.3 is 0 Å². The van der Waals surface area contributed by atoms with E-state index in [1.54, 1.807) is 6.07 Å². The number of nitrogens with zero attached hydrogens (tertiary/aromatic N) is 1. The Labute approximate surface area is 103 Å². The van der Waals surface area contributed by atoms with E-state index in [-0.39, 0.29) is 11.4 Å². The lowest BCUT2D eigenvalue weighted by Gasteiger charge is -2.42. The Morgan fingerprint density at radius 1 is 1.62 bits per heavy atom. The van der Waals surface area contributed by atoms with Crippen LogP contribution in [0.25, 0.3) is 0 Å². The van der Waals surface area contributed by atoms with E-state index in [2.05, 4.69) is 35.1 Å². The number of carbonyl (C=O) groups excluding carboxylic acids is 1. The minimum absolute atomic E-state index is 0.0205. The number of rotatable bonds is 1. The van der Waals surface area contributed by atoms with Crippen molar-refractivity contribution in [3.63, 3.8) is 0 Å². The second-order valence-corrected chi connectivity index (χ2v) is 5.27. The van der Waals surface area contributed by atoms with Crippen LogP contribution < -0.4 is 5.32 Å². The van der Waals surface area contributed by atoms with Crippen molar-refractivity contribution in [3.8, 4) is 0 Å². The van der Waals surface area contributed by atoms with Crippen LogP contribution in [0.3, 0.4) is 0 Å². The SMILES string of the molecule is CC1(C)CNCCN1C(=O)c1ccoc1Br. The summed E-state index contributed by atoms with van der Waals surface area (Å²) in [4.78, 5) is 14.2. The van der Waals surface area contributed by atoms with Gasteiger partial charge in [-0.2, -0.15) is 0 Å². The van der Waals surface area contributed by atoms with Crippen LogP contribution in [0.2, 0.25) is 0 Å². The fourth-order valence-electron chi connectivity index (χ4n) is 1.95. The first-order valence-electron chi connectivity index (χ1n) is 5.28. The monoisotopic (exact) mass is 286 g/mol. The van der Waals surface area contributed by atoms with Crippen LogP contribution in [0, 0.1) is 0 Å². The Bertz CT molecular complexity index is 400. The standard InChI is InChI=1S/C11H15BrN2O2/c1-11(2)7-13-4-5-14(11)10(15)8-3-6-16-9(8)12/h3,6,13H,4-5,7H2,1-2H3. The molecule has 2 rings (SSSR count). The Balaban J connectivity index is 2.24. The molecule has 1 amide bonds. The highest BCUT2D eigenvalue weighted by molar-refractivity contribution is 9.10. The molecule has 16 heavy (non-hydrogen) atoms. The van der Waals surface area contributed by atoms with Crippen LogP contribution >= 0.6 is 15.9 Å². The molecule has 0 bridgehead atoms. The summed E-state index contributed by atoms with van der Waals surface area (Å²) in [5, 5.41) is 3.29. The molecule has 0 radical (unpaired) electrons. The van der Waals surface area contributed by atoms with Crippen molar-refractivity contribution >= 4 is 21.8 Å². The Hall–Kier alpha value is -0.810. The molecule has 0 atom stereocenters. The molecule has 1 saturated heterocycles. The van der Waals surface area contributed by atoms with E-state index in [1.165, 1.54) is 6.26 Å². The third-order valence-electron chi connectivity index (χ3n) is 2.89. The third kappa shape index (κ3) is 2.01. The molecule has 1 aliphatic rings. The minimum atomic E-state index is -0.161. The van der Waals surface area contributed by atoms with Crippen LogP contribution in [0.5, 0.6) is 0 Å². The summed E-state index contributed by atoms with van der Waals surface area (Å²) in [6.45, 7) is 6.50.